The zero-order valence-corrected chi connectivity index (χ0v) is 8.64. The van der Waals surface area contributed by atoms with E-state index in [0.29, 0.717) is 10.6 Å². The van der Waals surface area contributed by atoms with Crippen LogP contribution in [-0.2, 0) is 0 Å². The van der Waals surface area contributed by atoms with Crippen LogP contribution in [0.15, 0.2) is 24.3 Å². The van der Waals surface area contributed by atoms with Crippen molar-refractivity contribution in [3.8, 4) is 0 Å². The second-order valence-corrected chi connectivity index (χ2v) is 3.62. The van der Waals surface area contributed by atoms with Gasteiger partial charge < -0.3 is 0 Å². The number of hydrogen-bond donors (Lipinski definition) is 0. The number of benzene rings is 1. The van der Waals surface area contributed by atoms with Crippen molar-refractivity contribution < 1.29 is 4.79 Å². The van der Waals surface area contributed by atoms with E-state index in [4.69, 9.17) is 11.6 Å². The quantitative estimate of drug-likeness (QED) is 0.676. The van der Waals surface area contributed by atoms with Gasteiger partial charge in [-0.3, -0.25) is 4.79 Å². The molecule has 0 saturated carbocycles. The summed E-state index contributed by atoms with van der Waals surface area (Å²) in [6, 6.07) is 7.10. The molecule has 1 atom stereocenters. The summed E-state index contributed by atoms with van der Waals surface area (Å²) in [4.78, 5) is 11.7. The first-order valence-electron chi connectivity index (χ1n) is 4.45. The van der Waals surface area contributed by atoms with Gasteiger partial charge in [-0.05, 0) is 18.6 Å². The van der Waals surface area contributed by atoms with Gasteiger partial charge in [0, 0.05) is 16.5 Å². The molecule has 0 N–H and O–H groups in total. The van der Waals surface area contributed by atoms with Crippen molar-refractivity contribution in [2.45, 2.75) is 20.3 Å². The van der Waals surface area contributed by atoms with Gasteiger partial charge in [-0.1, -0.05) is 37.6 Å². The molecule has 1 nitrogen and oxygen atoms in total. The van der Waals surface area contributed by atoms with Crippen LogP contribution in [0.4, 0.5) is 0 Å². The van der Waals surface area contributed by atoms with Crippen molar-refractivity contribution in [1.82, 2.24) is 0 Å². The first-order chi connectivity index (χ1) is 6.15. The Hall–Kier alpha value is -0.820. The third kappa shape index (κ3) is 2.56. The number of Topliss-reactive ketones (excluding diaryl/α,β-unsaturated/α-hetero) is 1. The molecule has 1 rings (SSSR count). The van der Waals surface area contributed by atoms with Crippen LogP contribution in [0.3, 0.4) is 0 Å². The molecule has 0 bridgehead atoms. The van der Waals surface area contributed by atoms with E-state index in [-0.39, 0.29) is 11.7 Å². The number of halogens is 1. The standard InChI is InChI=1S/C11H13ClO/c1-3-8(2)11(13)9-5-4-6-10(12)7-9/h4-8H,3H2,1-2H3. The van der Waals surface area contributed by atoms with E-state index in [2.05, 4.69) is 0 Å². The summed E-state index contributed by atoms with van der Waals surface area (Å²) in [5, 5.41) is 0.620. The van der Waals surface area contributed by atoms with Crippen LogP contribution in [0.1, 0.15) is 30.6 Å². The minimum atomic E-state index is 0.0819. The van der Waals surface area contributed by atoms with Crippen molar-refractivity contribution in [2.24, 2.45) is 5.92 Å². The molecule has 0 saturated heterocycles. The van der Waals surface area contributed by atoms with Crippen LogP contribution < -0.4 is 0 Å². The molecule has 0 amide bonds. The molecule has 13 heavy (non-hydrogen) atoms. The van der Waals surface area contributed by atoms with E-state index in [1.165, 1.54) is 0 Å². The maximum absolute atomic E-state index is 11.7. The van der Waals surface area contributed by atoms with Gasteiger partial charge in [-0.25, -0.2) is 0 Å². The van der Waals surface area contributed by atoms with Gasteiger partial charge in [0.1, 0.15) is 0 Å². The highest BCUT2D eigenvalue weighted by Gasteiger charge is 2.12. The molecule has 0 aromatic heterocycles. The van der Waals surface area contributed by atoms with E-state index in [0.717, 1.165) is 6.42 Å². The summed E-state index contributed by atoms with van der Waals surface area (Å²) in [7, 11) is 0. The average molecular weight is 197 g/mol. The van der Waals surface area contributed by atoms with E-state index < -0.39 is 0 Å². The Morgan fingerprint density at radius 2 is 2.23 bits per heavy atom. The molecule has 0 aliphatic rings. The highest BCUT2D eigenvalue weighted by Crippen LogP contribution is 2.15. The molecule has 0 fully saturated rings. The monoisotopic (exact) mass is 196 g/mol. The number of carbonyl (C=O) groups is 1. The van der Waals surface area contributed by atoms with Crippen LogP contribution in [0.2, 0.25) is 5.02 Å². The van der Waals surface area contributed by atoms with Gasteiger partial charge in [0.25, 0.3) is 0 Å². The second-order valence-electron chi connectivity index (χ2n) is 3.18. The second kappa shape index (κ2) is 4.43. The predicted octanol–water partition coefficient (Wildman–Crippen LogP) is 3.57. The van der Waals surface area contributed by atoms with Crippen LogP contribution in [0.25, 0.3) is 0 Å². The van der Waals surface area contributed by atoms with E-state index >= 15 is 0 Å². The van der Waals surface area contributed by atoms with Gasteiger partial charge in [0.15, 0.2) is 5.78 Å². The van der Waals surface area contributed by atoms with Crippen molar-refractivity contribution in [3.63, 3.8) is 0 Å². The van der Waals surface area contributed by atoms with Gasteiger partial charge in [0.05, 0.1) is 0 Å². The van der Waals surface area contributed by atoms with Gasteiger partial charge in [-0.2, -0.15) is 0 Å². The third-order valence-corrected chi connectivity index (χ3v) is 2.40. The Morgan fingerprint density at radius 1 is 1.54 bits per heavy atom. The normalized spacial score (nSPS) is 12.5. The number of ketones is 1. The lowest BCUT2D eigenvalue weighted by molar-refractivity contribution is 0.0927. The van der Waals surface area contributed by atoms with Crippen molar-refractivity contribution in [1.29, 1.82) is 0 Å². The lowest BCUT2D eigenvalue weighted by Crippen LogP contribution is -2.09. The predicted molar refractivity (Wildman–Crippen MR) is 55.2 cm³/mol. The fraction of sp³-hybridized carbons (Fsp3) is 0.364. The average Bonchev–Trinajstić information content (AvgIpc) is 2.15. The van der Waals surface area contributed by atoms with Crippen molar-refractivity contribution in [3.05, 3.63) is 34.9 Å². The summed E-state index contributed by atoms with van der Waals surface area (Å²) in [6.45, 7) is 3.94. The Kier molecular flexibility index (Phi) is 3.49. The minimum absolute atomic E-state index is 0.0819. The van der Waals surface area contributed by atoms with Crippen molar-refractivity contribution in [2.75, 3.05) is 0 Å². The van der Waals surface area contributed by atoms with Crippen molar-refractivity contribution >= 4 is 17.4 Å². The SMILES string of the molecule is CCC(C)C(=O)c1cccc(Cl)c1. The smallest absolute Gasteiger partial charge is 0.165 e. The Bertz CT molecular complexity index is 307. The molecular weight excluding hydrogens is 184 g/mol. The van der Waals surface area contributed by atoms with Crippen LogP contribution >= 0.6 is 11.6 Å². The molecule has 0 radical (unpaired) electrons. The Labute approximate surface area is 83.7 Å². The molecule has 2 heteroatoms. The lowest BCUT2D eigenvalue weighted by Gasteiger charge is -2.06. The zero-order chi connectivity index (χ0) is 9.84. The summed E-state index contributed by atoms with van der Waals surface area (Å²) in [5.41, 5.74) is 0.710. The number of hydrogen-bond acceptors (Lipinski definition) is 1. The highest BCUT2D eigenvalue weighted by molar-refractivity contribution is 6.31. The molecule has 0 heterocycles. The molecule has 0 spiro atoms. The van der Waals surface area contributed by atoms with Gasteiger partial charge in [0.2, 0.25) is 0 Å². The Morgan fingerprint density at radius 3 is 2.77 bits per heavy atom. The largest absolute Gasteiger partial charge is 0.294 e. The first kappa shape index (κ1) is 10.3. The Balaban J connectivity index is 2.89. The molecule has 1 unspecified atom stereocenters. The summed E-state index contributed by atoms with van der Waals surface area (Å²) < 4.78 is 0. The van der Waals surface area contributed by atoms with Gasteiger partial charge >= 0.3 is 0 Å². The molecule has 70 valence electrons. The summed E-state index contributed by atoms with van der Waals surface area (Å²) in [6.07, 6.45) is 0.866. The number of carbonyl (C=O) groups excluding carboxylic acids is 1. The van der Waals surface area contributed by atoms with E-state index in [9.17, 15) is 4.79 Å². The maximum atomic E-state index is 11.7. The highest BCUT2D eigenvalue weighted by atomic mass is 35.5. The van der Waals surface area contributed by atoms with E-state index in [1.54, 1.807) is 24.3 Å². The third-order valence-electron chi connectivity index (χ3n) is 2.17. The zero-order valence-electron chi connectivity index (χ0n) is 7.88. The minimum Gasteiger partial charge on any atom is -0.294 e. The topological polar surface area (TPSA) is 17.1 Å². The molecule has 0 aliphatic heterocycles. The molecule has 0 aliphatic carbocycles. The summed E-state index contributed by atoms with van der Waals surface area (Å²) >= 11 is 5.78. The molecule has 1 aromatic rings. The first-order valence-corrected chi connectivity index (χ1v) is 4.82. The lowest BCUT2D eigenvalue weighted by atomic mass is 9.97. The fourth-order valence-electron chi connectivity index (χ4n) is 1.11. The number of rotatable bonds is 3. The molecule has 1 aromatic carbocycles. The van der Waals surface area contributed by atoms with Crippen LogP contribution in [-0.4, -0.2) is 5.78 Å². The van der Waals surface area contributed by atoms with Gasteiger partial charge in [-0.15, -0.1) is 0 Å². The summed E-state index contributed by atoms with van der Waals surface area (Å²) in [5.74, 6) is 0.253. The van der Waals surface area contributed by atoms with E-state index in [1.807, 2.05) is 13.8 Å². The molecular formula is C11H13ClO. The maximum Gasteiger partial charge on any atom is 0.165 e. The van der Waals surface area contributed by atoms with Crippen LogP contribution in [0, 0.1) is 5.92 Å². The van der Waals surface area contributed by atoms with Crippen LogP contribution in [0.5, 0.6) is 0 Å². The fourth-order valence-corrected chi connectivity index (χ4v) is 1.30.